The number of phenolic OH excluding ortho intramolecular Hbond substituents is 2. The van der Waals surface area contributed by atoms with Crippen molar-refractivity contribution in [3.63, 3.8) is 0 Å². The molecule has 0 aromatic heterocycles. The number of aryl methyl sites for hydroxylation is 1. The third-order valence-corrected chi connectivity index (χ3v) is 1.97. The van der Waals surface area contributed by atoms with E-state index in [-0.39, 0.29) is 11.5 Å². The molecule has 0 fully saturated rings. The molecule has 0 spiro atoms. The Balaban J connectivity index is 2.94. The Hall–Kier alpha value is -1.51. The molecule has 0 unspecified atom stereocenters. The SMILES string of the molecule is C=NCCc1cc(O)c(O)cc1C. The number of aromatic hydroxyl groups is 2. The van der Waals surface area contributed by atoms with Crippen molar-refractivity contribution >= 4 is 6.72 Å². The van der Waals surface area contributed by atoms with Gasteiger partial charge in [-0.2, -0.15) is 0 Å². The Morgan fingerprint density at radius 2 is 1.92 bits per heavy atom. The van der Waals surface area contributed by atoms with Crippen LogP contribution in [0.4, 0.5) is 0 Å². The molecule has 3 nitrogen and oxygen atoms in total. The van der Waals surface area contributed by atoms with Gasteiger partial charge in [-0.3, -0.25) is 0 Å². The average Bonchev–Trinajstić information content (AvgIpc) is 2.09. The molecule has 1 aromatic carbocycles. The lowest BCUT2D eigenvalue weighted by molar-refractivity contribution is 0.402. The summed E-state index contributed by atoms with van der Waals surface area (Å²) in [6.07, 6.45) is 0.739. The number of hydrogen-bond donors (Lipinski definition) is 2. The first-order valence-corrected chi connectivity index (χ1v) is 4.09. The normalized spacial score (nSPS) is 9.92. The summed E-state index contributed by atoms with van der Waals surface area (Å²) in [5.74, 6) is -0.155. The van der Waals surface area contributed by atoms with E-state index in [0.717, 1.165) is 17.5 Å². The van der Waals surface area contributed by atoms with Crippen LogP contribution in [0.5, 0.6) is 11.5 Å². The van der Waals surface area contributed by atoms with Crippen molar-refractivity contribution in [2.75, 3.05) is 6.54 Å². The summed E-state index contributed by atoms with van der Waals surface area (Å²) in [7, 11) is 0. The van der Waals surface area contributed by atoms with Crippen LogP contribution in [0.25, 0.3) is 0 Å². The smallest absolute Gasteiger partial charge is 0.157 e. The summed E-state index contributed by atoms with van der Waals surface area (Å²) in [5.41, 5.74) is 1.95. The van der Waals surface area contributed by atoms with Crippen LogP contribution in [-0.4, -0.2) is 23.5 Å². The molecule has 0 aliphatic carbocycles. The van der Waals surface area contributed by atoms with Gasteiger partial charge in [0.15, 0.2) is 11.5 Å². The molecule has 3 heteroatoms. The highest BCUT2D eigenvalue weighted by atomic mass is 16.3. The second kappa shape index (κ2) is 3.94. The van der Waals surface area contributed by atoms with Crippen LogP contribution in [0.1, 0.15) is 11.1 Å². The third kappa shape index (κ3) is 2.21. The Morgan fingerprint density at radius 1 is 1.31 bits per heavy atom. The van der Waals surface area contributed by atoms with E-state index in [0.29, 0.717) is 6.54 Å². The highest BCUT2D eigenvalue weighted by Gasteiger charge is 2.04. The van der Waals surface area contributed by atoms with Gasteiger partial charge in [0.25, 0.3) is 0 Å². The number of rotatable bonds is 3. The molecular formula is C10H13NO2. The largest absolute Gasteiger partial charge is 0.504 e. The Kier molecular flexibility index (Phi) is 2.90. The predicted molar refractivity (Wildman–Crippen MR) is 52.6 cm³/mol. The van der Waals surface area contributed by atoms with Crippen molar-refractivity contribution in [3.8, 4) is 11.5 Å². The number of nitrogens with zero attached hydrogens (tertiary/aromatic N) is 1. The molecule has 1 aromatic rings. The molecule has 0 radical (unpaired) electrons. The van der Waals surface area contributed by atoms with Gasteiger partial charge < -0.3 is 15.2 Å². The number of phenols is 2. The zero-order chi connectivity index (χ0) is 9.84. The molecule has 0 saturated heterocycles. The predicted octanol–water partition coefficient (Wildman–Crippen LogP) is 1.65. The van der Waals surface area contributed by atoms with Gasteiger partial charge in [-0.25, -0.2) is 0 Å². The molecule has 0 aliphatic rings. The first-order valence-electron chi connectivity index (χ1n) is 4.09. The Morgan fingerprint density at radius 3 is 2.54 bits per heavy atom. The van der Waals surface area contributed by atoms with Crippen LogP contribution < -0.4 is 0 Å². The summed E-state index contributed by atoms with van der Waals surface area (Å²) in [6, 6.07) is 3.11. The summed E-state index contributed by atoms with van der Waals surface area (Å²) in [4.78, 5) is 3.73. The van der Waals surface area contributed by atoms with E-state index in [4.69, 9.17) is 5.11 Å². The van der Waals surface area contributed by atoms with Crippen molar-refractivity contribution in [3.05, 3.63) is 23.3 Å². The zero-order valence-electron chi connectivity index (χ0n) is 7.62. The van der Waals surface area contributed by atoms with Crippen LogP contribution in [0, 0.1) is 6.92 Å². The van der Waals surface area contributed by atoms with Gasteiger partial charge in [-0.15, -0.1) is 0 Å². The summed E-state index contributed by atoms with van der Waals surface area (Å²) < 4.78 is 0. The molecule has 13 heavy (non-hydrogen) atoms. The summed E-state index contributed by atoms with van der Waals surface area (Å²) in [5, 5.41) is 18.4. The van der Waals surface area contributed by atoms with E-state index in [2.05, 4.69) is 11.7 Å². The minimum absolute atomic E-state index is 0.0761. The van der Waals surface area contributed by atoms with E-state index in [1.807, 2.05) is 6.92 Å². The fourth-order valence-electron chi connectivity index (χ4n) is 1.19. The van der Waals surface area contributed by atoms with Gasteiger partial charge in [-0.05, 0) is 43.3 Å². The first kappa shape index (κ1) is 9.58. The molecule has 2 N–H and O–H groups in total. The van der Waals surface area contributed by atoms with Crippen molar-refractivity contribution in [2.45, 2.75) is 13.3 Å². The van der Waals surface area contributed by atoms with E-state index < -0.39 is 0 Å². The molecule has 70 valence electrons. The van der Waals surface area contributed by atoms with E-state index in [1.54, 1.807) is 12.1 Å². The monoisotopic (exact) mass is 179 g/mol. The maximum Gasteiger partial charge on any atom is 0.157 e. The average molecular weight is 179 g/mol. The minimum Gasteiger partial charge on any atom is -0.504 e. The lowest BCUT2D eigenvalue weighted by Crippen LogP contribution is -1.92. The van der Waals surface area contributed by atoms with Crippen LogP contribution in [0.3, 0.4) is 0 Å². The summed E-state index contributed by atoms with van der Waals surface area (Å²) in [6.45, 7) is 5.90. The van der Waals surface area contributed by atoms with Crippen molar-refractivity contribution in [1.82, 2.24) is 0 Å². The van der Waals surface area contributed by atoms with E-state index in [9.17, 15) is 5.11 Å². The second-order valence-corrected chi connectivity index (χ2v) is 2.96. The minimum atomic E-state index is -0.0790. The number of benzene rings is 1. The van der Waals surface area contributed by atoms with Crippen molar-refractivity contribution in [1.29, 1.82) is 0 Å². The van der Waals surface area contributed by atoms with E-state index in [1.165, 1.54) is 0 Å². The topological polar surface area (TPSA) is 52.8 Å². The molecular weight excluding hydrogens is 166 g/mol. The van der Waals surface area contributed by atoms with Crippen LogP contribution in [-0.2, 0) is 6.42 Å². The Bertz CT molecular complexity index is 321. The number of aliphatic imine (C=N–C) groups is 1. The van der Waals surface area contributed by atoms with Gasteiger partial charge in [0.05, 0.1) is 0 Å². The molecule has 0 bridgehead atoms. The van der Waals surface area contributed by atoms with Crippen molar-refractivity contribution in [2.24, 2.45) is 4.99 Å². The zero-order valence-corrected chi connectivity index (χ0v) is 7.62. The molecule has 1 rings (SSSR count). The molecule has 0 amide bonds. The lowest BCUT2D eigenvalue weighted by Gasteiger charge is -2.06. The van der Waals surface area contributed by atoms with Crippen LogP contribution >= 0.6 is 0 Å². The summed E-state index contributed by atoms with van der Waals surface area (Å²) >= 11 is 0. The first-order chi connectivity index (χ1) is 6.15. The van der Waals surface area contributed by atoms with Gasteiger partial charge in [-0.1, -0.05) is 0 Å². The van der Waals surface area contributed by atoms with Gasteiger partial charge >= 0.3 is 0 Å². The lowest BCUT2D eigenvalue weighted by atomic mass is 10.0. The van der Waals surface area contributed by atoms with Gasteiger partial charge in [0.1, 0.15) is 0 Å². The highest BCUT2D eigenvalue weighted by molar-refractivity contribution is 5.45. The molecule has 0 heterocycles. The third-order valence-electron chi connectivity index (χ3n) is 1.97. The standard InChI is InChI=1S/C10H13NO2/c1-7-5-9(12)10(13)6-8(7)3-4-11-2/h5-6,12-13H,2-4H2,1H3. The fraction of sp³-hybridized carbons (Fsp3) is 0.300. The highest BCUT2D eigenvalue weighted by Crippen LogP contribution is 2.28. The van der Waals surface area contributed by atoms with Crippen LogP contribution in [0.2, 0.25) is 0 Å². The van der Waals surface area contributed by atoms with Crippen molar-refractivity contribution < 1.29 is 10.2 Å². The number of hydrogen-bond acceptors (Lipinski definition) is 3. The quantitative estimate of drug-likeness (QED) is 0.547. The Labute approximate surface area is 77.4 Å². The fourth-order valence-corrected chi connectivity index (χ4v) is 1.19. The second-order valence-electron chi connectivity index (χ2n) is 2.96. The molecule has 0 atom stereocenters. The van der Waals surface area contributed by atoms with Gasteiger partial charge in [0.2, 0.25) is 0 Å². The molecule has 0 aliphatic heterocycles. The maximum absolute atomic E-state index is 9.23. The van der Waals surface area contributed by atoms with Crippen LogP contribution in [0.15, 0.2) is 17.1 Å². The van der Waals surface area contributed by atoms with E-state index >= 15 is 0 Å². The van der Waals surface area contributed by atoms with Gasteiger partial charge in [0, 0.05) is 6.54 Å². The molecule has 0 saturated carbocycles. The maximum atomic E-state index is 9.23.